The van der Waals surface area contributed by atoms with Gasteiger partial charge in [-0.25, -0.2) is 4.79 Å². The molecule has 0 heterocycles. The molecule has 0 aliphatic heterocycles. The molecule has 2 aromatic carbocycles. The first-order chi connectivity index (χ1) is 17.8. The van der Waals surface area contributed by atoms with E-state index in [0.717, 1.165) is 11.1 Å². The SMILES string of the molecule is C[C@@H]1C(C(=O)Nc2ccc(C[C@H](NC(=O)[C@@H]3CC[C@](C)(C(=O)O)C3(C)C)C(=O)O)cc2)=Cc2ccccc21. The lowest BCUT2D eigenvalue weighted by Gasteiger charge is -2.38. The van der Waals surface area contributed by atoms with Gasteiger partial charge in [-0.15, -0.1) is 0 Å². The van der Waals surface area contributed by atoms with E-state index < -0.39 is 40.6 Å². The Morgan fingerprint density at radius 1 is 1.00 bits per heavy atom. The van der Waals surface area contributed by atoms with Gasteiger partial charge in [-0.05, 0) is 60.1 Å². The van der Waals surface area contributed by atoms with Crippen LogP contribution in [0.5, 0.6) is 0 Å². The summed E-state index contributed by atoms with van der Waals surface area (Å²) in [6.07, 6.45) is 2.67. The van der Waals surface area contributed by atoms with E-state index in [1.807, 2.05) is 37.3 Å². The molecule has 0 bridgehead atoms. The van der Waals surface area contributed by atoms with Crippen molar-refractivity contribution in [3.05, 3.63) is 70.8 Å². The summed E-state index contributed by atoms with van der Waals surface area (Å²) in [7, 11) is 0. The topological polar surface area (TPSA) is 133 Å². The van der Waals surface area contributed by atoms with Crippen molar-refractivity contribution in [1.29, 1.82) is 0 Å². The largest absolute Gasteiger partial charge is 0.481 e. The maximum absolute atomic E-state index is 13.1. The molecule has 2 aromatic rings. The maximum atomic E-state index is 13.1. The zero-order valence-corrected chi connectivity index (χ0v) is 22.1. The fraction of sp³-hybridized carbons (Fsp3) is 0.400. The van der Waals surface area contributed by atoms with Gasteiger partial charge in [-0.2, -0.15) is 0 Å². The Morgan fingerprint density at radius 2 is 1.66 bits per heavy atom. The van der Waals surface area contributed by atoms with Gasteiger partial charge in [0, 0.05) is 29.5 Å². The van der Waals surface area contributed by atoms with Gasteiger partial charge in [0.25, 0.3) is 5.91 Å². The number of carboxylic acid groups (broad SMARTS) is 2. The van der Waals surface area contributed by atoms with Crippen LogP contribution in [0.1, 0.15) is 63.1 Å². The van der Waals surface area contributed by atoms with Gasteiger partial charge in [0.1, 0.15) is 6.04 Å². The highest BCUT2D eigenvalue weighted by Crippen LogP contribution is 2.56. The molecule has 1 fully saturated rings. The van der Waals surface area contributed by atoms with Gasteiger partial charge in [-0.3, -0.25) is 14.4 Å². The Balaban J connectivity index is 1.39. The second-order valence-electron chi connectivity index (χ2n) is 11.2. The van der Waals surface area contributed by atoms with E-state index in [0.29, 0.717) is 29.7 Å². The number of nitrogens with one attached hydrogen (secondary N) is 2. The van der Waals surface area contributed by atoms with Crippen LogP contribution in [0.3, 0.4) is 0 Å². The number of carbonyl (C=O) groups is 4. The minimum Gasteiger partial charge on any atom is -0.481 e. The molecule has 0 saturated heterocycles. The minimum absolute atomic E-state index is 0.0105. The summed E-state index contributed by atoms with van der Waals surface area (Å²) in [6.45, 7) is 7.14. The van der Waals surface area contributed by atoms with Crippen LogP contribution < -0.4 is 10.6 Å². The summed E-state index contributed by atoms with van der Waals surface area (Å²) in [6, 6.07) is 13.6. The smallest absolute Gasteiger partial charge is 0.326 e. The van der Waals surface area contributed by atoms with Gasteiger partial charge in [0.15, 0.2) is 0 Å². The number of hydrogen-bond acceptors (Lipinski definition) is 4. The van der Waals surface area contributed by atoms with E-state index in [1.54, 1.807) is 45.0 Å². The van der Waals surface area contributed by atoms with E-state index in [1.165, 1.54) is 0 Å². The molecular formula is C30H34N2O6. The summed E-state index contributed by atoms with van der Waals surface area (Å²) >= 11 is 0. The molecule has 0 unspecified atom stereocenters. The van der Waals surface area contributed by atoms with Crippen LogP contribution in [-0.4, -0.2) is 40.0 Å². The lowest BCUT2D eigenvalue weighted by atomic mass is 9.65. The van der Waals surface area contributed by atoms with Crippen LogP contribution in [0.4, 0.5) is 5.69 Å². The van der Waals surface area contributed by atoms with Crippen LogP contribution in [0.2, 0.25) is 0 Å². The standard InChI is InChI=1S/C30H34N2O6/c1-17-21-8-6-5-7-19(21)16-22(17)25(33)31-20-11-9-18(10-12-20)15-24(27(35)36)32-26(34)23-13-14-30(4,28(37)38)29(23,2)3/h5-12,16-17,23-24H,13-15H2,1-4H3,(H,31,33)(H,32,34)(H,35,36)(H,37,38)/t17-,23-,24-,30+/m0/s1. The van der Waals surface area contributed by atoms with Gasteiger partial charge in [0.05, 0.1) is 5.41 Å². The molecule has 4 N–H and O–H groups in total. The number of anilines is 1. The second kappa shape index (κ2) is 10.1. The van der Waals surface area contributed by atoms with E-state index in [4.69, 9.17) is 0 Å². The minimum atomic E-state index is -1.17. The molecule has 0 aromatic heterocycles. The summed E-state index contributed by atoms with van der Waals surface area (Å²) < 4.78 is 0. The average molecular weight is 519 g/mol. The van der Waals surface area contributed by atoms with Crippen molar-refractivity contribution >= 4 is 35.5 Å². The van der Waals surface area contributed by atoms with Gasteiger partial charge < -0.3 is 20.8 Å². The maximum Gasteiger partial charge on any atom is 0.326 e. The number of carbonyl (C=O) groups excluding carboxylic acids is 2. The second-order valence-corrected chi connectivity index (χ2v) is 11.2. The molecule has 4 atom stereocenters. The van der Waals surface area contributed by atoms with Crippen molar-refractivity contribution in [2.45, 2.75) is 58.9 Å². The normalized spacial score (nSPS) is 24.2. The number of rotatable bonds is 8. The average Bonchev–Trinajstić information content (AvgIpc) is 3.33. The van der Waals surface area contributed by atoms with E-state index in [-0.39, 0.29) is 18.2 Å². The van der Waals surface area contributed by atoms with Crippen molar-refractivity contribution in [1.82, 2.24) is 5.32 Å². The lowest BCUT2D eigenvalue weighted by molar-refractivity contribution is -0.155. The fourth-order valence-electron chi connectivity index (χ4n) is 5.74. The Bertz CT molecular complexity index is 1310. The van der Waals surface area contributed by atoms with Crippen molar-refractivity contribution in [3.8, 4) is 0 Å². The van der Waals surface area contributed by atoms with Crippen LogP contribution in [0, 0.1) is 16.7 Å². The number of amides is 2. The third-order valence-corrected chi connectivity index (χ3v) is 8.78. The number of fused-ring (bicyclic) bond motifs is 1. The molecule has 2 aliphatic rings. The first-order valence-electron chi connectivity index (χ1n) is 12.8. The molecule has 2 amide bonds. The number of hydrogen-bond donors (Lipinski definition) is 4. The zero-order chi connectivity index (χ0) is 27.8. The number of aliphatic carboxylic acids is 2. The molecular weight excluding hydrogens is 484 g/mol. The van der Waals surface area contributed by atoms with Crippen molar-refractivity contribution in [3.63, 3.8) is 0 Å². The molecule has 8 nitrogen and oxygen atoms in total. The van der Waals surface area contributed by atoms with Gasteiger partial charge in [-0.1, -0.05) is 57.2 Å². The first-order valence-corrected chi connectivity index (χ1v) is 12.8. The van der Waals surface area contributed by atoms with Crippen LogP contribution in [0.15, 0.2) is 54.1 Å². The number of benzene rings is 2. The third-order valence-electron chi connectivity index (χ3n) is 8.78. The summed E-state index contributed by atoms with van der Waals surface area (Å²) in [5, 5.41) is 25.0. The monoisotopic (exact) mass is 518 g/mol. The highest BCUT2D eigenvalue weighted by atomic mass is 16.4. The summed E-state index contributed by atoms with van der Waals surface area (Å²) in [5.74, 6) is -3.39. The molecule has 200 valence electrons. The fourth-order valence-corrected chi connectivity index (χ4v) is 5.74. The molecule has 4 rings (SSSR count). The summed E-state index contributed by atoms with van der Waals surface area (Å²) in [4.78, 5) is 49.8. The summed E-state index contributed by atoms with van der Waals surface area (Å²) in [5.41, 5.74) is 2.19. The molecule has 8 heteroatoms. The third kappa shape index (κ3) is 4.83. The highest BCUT2D eigenvalue weighted by Gasteiger charge is 2.58. The van der Waals surface area contributed by atoms with Crippen molar-refractivity contribution in [2.75, 3.05) is 5.32 Å². The van der Waals surface area contributed by atoms with Gasteiger partial charge >= 0.3 is 11.9 Å². The van der Waals surface area contributed by atoms with E-state index >= 15 is 0 Å². The quantitative estimate of drug-likeness (QED) is 0.408. The Kier molecular flexibility index (Phi) is 7.19. The molecule has 0 spiro atoms. The van der Waals surface area contributed by atoms with E-state index in [2.05, 4.69) is 10.6 Å². The molecule has 38 heavy (non-hydrogen) atoms. The molecule has 2 aliphatic carbocycles. The van der Waals surface area contributed by atoms with Crippen LogP contribution in [0.25, 0.3) is 6.08 Å². The predicted molar refractivity (Wildman–Crippen MR) is 143 cm³/mol. The zero-order valence-electron chi connectivity index (χ0n) is 22.1. The Hall–Kier alpha value is -3.94. The van der Waals surface area contributed by atoms with Crippen molar-refractivity contribution in [2.24, 2.45) is 16.7 Å². The highest BCUT2D eigenvalue weighted by molar-refractivity contribution is 6.09. The van der Waals surface area contributed by atoms with Crippen LogP contribution >= 0.6 is 0 Å². The number of carboxylic acids is 2. The van der Waals surface area contributed by atoms with E-state index in [9.17, 15) is 29.4 Å². The van der Waals surface area contributed by atoms with Gasteiger partial charge in [0.2, 0.25) is 5.91 Å². The molecule has 1 saturated carbocycles. The molecule has 0 radical (unpaired) electrons. The lowest BCUT2D eigenvalue weighted by Crippen LogP contribution is -2.49. The predicted octanol–water partition coefficient (Wildman–Crippen LogP) is 4.46. The van der Waals surface area contributed by atoms with Crippen LogP contribution in [-0.2, 0) is 25.6 Å². The van der Waals surface area contributed by atoms with Crippen molar-refractivity contribution < 1.29 is 29.4 Å². The Morgan fingerprint density at radius 3 is 2.24 bits per heavy atom. The Labute approximate surface area is 222 Å². The first kappa shape index (κ1) is 27.1.